The molecule has 0 atom stereocenters. The molecule has 0 unspecified atom stereocenters. The lowest BCUT2D eigenvalue weighted by Crippen LogP contribution is -2.39. The molecule has 3 N–H and O–H groups in total. The number of hydrogen-bond acceptors (Lipinski definition) is 2. The third-order valence-electron chi connectivity index (χ3n) is 4.11. The van der Waals surface area contributed by atoms with Crippen LogP contribution in [0.4, 0.5) is 0 Å². The van der Waals surface area contributed by atoms with Crippen LogP contribution in [0.25, 0.3) is 0 Å². The molecule has 0 aromatic heterocycles. The SMILES string of the molecule is NCC1(CCNCCC2CC2)CCC1. The summed E-state index contributed by atoms with van der Waals surface area (Å²) >= 11 is 0. The third-order valence-corrected chi connectivity index (χ3v) is 4.11. The van der Waals surface area contributed by atoms with E-state index >= 15 is 0 Å². The summed E-state index contributed by atoms with van der Waals surface area (Å²) in [6.07, 6.45) is 9.80. The lowest BCUT2D eigenvalue weighted by molar-refractivity contribution is 0.130. The Morgan fingerprint density at radius 3 is 2.50 bits per heavy atom. The summed E-state index contributed by atoms with van der Waals surface area (Å²) in [4.78, 5) is 0. The zero-order chi connectivity index (χ0) is 9.86. The lowest BCUT2D eigenvalue weighted by Gasteiger charge is -2.41. The Morgan fingerprint density at radius 2 is 2.00 bits per heavy atom. The standard InChI is InChI=1S/C12H24N2/c13-10-12(5-1-6-12)7-9-14-8-4-11-2-3-11/h11,14H,1-10,13H2. The van der Waals surface area contributed by atoms with E-state index in [1.807, 2.05) is 0 Å². The van der Waals surface area contributed by atoms with Crippen molar-refractivity contribution in [2.45, 2.75) is 44.9 Å². The zero-order valence-corrected chi connectivity index (χ0v) is 9.23. The van der Waals surface area contributed by atoms with Crippen molar-refractivity contribution in [3.05, 3.63) is 0 Å². The molecule has 2 heteroatoms. The Balaban J connectivity index is 1.48. The Hall–Kier alpha value is -0.0800. The zero-order valence-electron chi connectivity index (χ0n) is 9.23. The van der Waals surface area contributed by atoms with Crippen molar-refractivity contribution in [2.24, 2.45) is 17.1 Å². The van der Waals surface area contributed by atoms with Crippen LogP contribution in [0.5, 0.6) is 0 Å². The second kappa shape index (κ2) is 4.63. The van der Waals surface area contributed by atoms with Crippen molar-refractivity contribution in [3.8, 4) is 0 Å². The van der Waals surface area contributed by atoms with Gasteiger partial charge in [-0.15, -0.1) is 0 Å². The van der Waals surface area contributed by atoms with Crippen LogP contribution in [0.3, 0.4) is 0 Å². The normalized spacial score (nSPS) is 24.6. The fraction of sp³-hybridized carbons (Fsp3) is 1.00. The molecule has 0 amide bonds. The second-order valence-corrected chi connectivity index (χ2v) is 5.29. The first kappa shape index (κ1) is 10.4. The van der Waals surface area contributed by atoms with Gasteiger partial charge in [-0.25, -0.2) is 0 Å². The first-order valence-corrected chi connectivity index (χ1v) is 6.25. The highest BCUT2D eigenvalue weighted by molar-refractivity contribution is 4.88. The van der Waals surface area contributed by atoms with E-state index in [0.717, 1.165) is 12.5 Å². The highest BCUT2D eigenvalue weighted by Crippen LogP contribution is 2.42. The molecular weight excluding hydrogens is 172 g/mol. The minimum atomic E-state index is 0.534. The number of nitrogens with one attached hydrogen (secondary N) is 1. The lowest BCUT2D eigenvalue weighted by atomic mass is 9.67. The molecule has 82 valence electrons. The van der Waals surface area contributed by atoms with E-state index in [9.17, 15) is 0 Å². The molecule has 14 heavy (non-hydrogen) atoms. The van der Waals surface area contributed by atoms with E-state index in [-0.39, 0.29) is 0 Å². The monoisotopic (exact) mass is 196 g/mol. The van der Waals surface area contributed by atoms with Gasteiger partial charge in [-0.2, -0.15) is 0 Å². The van der Waals surface area contributed by atoms with E-state index < -0.39 is 0 Å². The Kier molecular flexibility index (Phi) is 3.45. The fourth-order valence-corrected chi connectivity index (χ4v) is 2.42. The van der Waals surface area contributed by atoms with Crippen LogP contribution in [-0.4, -0.2) is 19.6 Å². The molecule has 0 aromatic rings. The molecule has 0 saturated heterocycles. The topological polar surface area (TPSA) is 38.0 Å². The van der Waals surface area contributed by atoms with Gasteiger partial charge in [0.05, 0.1) is 0 Å². The molecule has 2 aliphatic rings. The summed E-state index contributed by atoms with van der Waals surface area (Å²) in [5, 5.41) is 3.56. The summed E-state index contributed by atoms with van der Waals surface area (Å²) in [5.74, 6) is 1.06. The van der Waals surface area contributed by atoms with Gasteiger partial charge < -0.3 is 11.1 Å². The first-order chi connectivity index (χ1) is 6.85. The number of hydrogen-bond donors (Lipinski definition) is 2. The van der Waals surface area contributed by atoms with Crippen LogP contribution in [0, 0.1) is 11.3 Å². The predicted molar refractivity (Wildman–Crippen MR) is 60.2 cm³/mol. The molecule has 2 fully saturated rings. The van der Waals surface area contributed by atoms with Gasteiger partial charge in [0.25, 0.3) is 0 Å². The number of nitrogens with two attached hydrogens (primary N) is 1. The van der Waals surface area contributed by atoms with Gasteiger partial charge >= 0.3 is 0 Å². The quantitative estimate of drug-likeness (QED) is 0.610. The molecule has 0 heterocycles. The van der Waals surface area contributed by atoms with Crippen LogP contribution < -0.4 is 11.1 Å². The average Bonchev–Trinajstić information content (AvgIpc) is 2.92. The van der Waals surface area contributed by atoms with Crippen molar-refractivity contribution >= 4 is 0 Å². The van der Waals surface area contributed by atoms with Crippen molar-refractivity contribution < 1.29 is 0 Å². The maximum Gasteiger partial charge on any atom is -0.00201 e. The maximum atomic E-state index is 5.81. The Bertz CT molecular complexity index is 166. The fourth-order valence-electron chi connectivity index (χ4n) is 2.42. The summed E-state index contributed by atoms with van der Waals surface area (Å²) in [5.41, 5.74) is 6.35. The van der Waals surface area contributed by atoms with Gasteiger partial charge in [0.2, 0.25) is 0 Å². The van der Waals surface area contributed by atoms with Crippen molar-refractivity contribution in [2.75, 3.05) is 19.6 Å². The van der Waals surface area contributed by atoms with E-state index in [0.29, 0.717) is 5.41 Å². The summed E-state index contributed by atoms with van der Waals surface area (Å²) in [6, 6.07) is 0. The van der Waals surface area contributed by atoms with E-state index in [1.165, 1.54) is 58.0 Å². The number of rotatable bonds is 7. The van der Waals surface area contributed by atoms with Gasteiger partial charge in [-0.3, -0.25) is 0 Å². The Morgan fingerprint density at radius 1 is 1.21 bits per heavy atom. The van der Waals surface area contributed by atoms with Crippen molar-refractivity contribution in [3.63, 3.8) is 0 Å². The molecule has 2 rings (SSSR count). The predicted octanol–water partition coefficient (Wildman–Crippen LogP) is 1.90. The largest absolute Gasteiger partial charge is 0.330 e. The highest BCUT2D eigenvalue weighted by Gasteiger charge is 2.34. The summed E-state index contributed by atoms with van der Waals surface area (Å²) in [7, 11) is 0. The van der Waals surface area contributed by atoms with E-state index in [4.69, 9.17) is 5.73 Å². The minimum Gasteiger partial charge on any atom is -0.330 e. The van der Waals surface area contributed by atoms with Crippen LogP contribution in [-0.2, 0) is 0 Å². The first-order valence-electron chi connectivity index (χ1n) is 6.25. The molecule has 0 spiro atoms. The molecule has 2 nitrogen and oxygen atoms in total. The maximum absolute atomic E-state index is 5.81. The summed E-state index contributed by atoms with van der Waals surface area (Å²) in [6.45, 7) is 3.31. The van der Waals surface area contributed by atoms with E-state index in [1.54, 1.807) is 0 Å². The van der Waals surface area contributed by atoms with Crippen LogP contribution in [0.1, 0.15) is 44.9 Å². The highest BCUT2D eigenvalue weighted by atomic mass is 14.9. The molecule has 0 aliphatic heterocycles. The van der Waals surface area contributed by atoms with Crippen molar-refractivity contribution in [1.82, 2.24) is 5.32 Å². The smallest absolute Gasteiger partial charge is 0.00201 e. The van der Waals surface area contributed by atoms with Gasteiger partial charge in [-0.1, -0.05) is 19.3 Å². The molecule has 2 aliphatic carbocycles. The van der Waals surface area contributed by atoms with E-state index in [2.05, 4.69) is 5.32 Å². The van der Waals surface area contributed by atoms with Crippen LogP contribution >= 0.6 is 0 Å². The van der Waals surface area contributed by atoms with Crippen LogP contribution in [0.15, 0.2) is 0 Å². The van der Waals surface area contributed by atoms with Crippen LogP contribution in [0.2, 0.25) is 0 Å². The van der Waals surface area contributed by atoms with Gasteiger partial charge in [-0.05, 0) is 56.7 Å². The second-order valence-electron chi connectivity index (χ2n) is 5.29. The third kappa shape index (κ3) is 2.71. The van der Waals surface area contributed by atoms with Gasteiger partial charge in [0.1, 0.15) is 0 Å². The summed E-state index contributed by atoms with van der Waals surface area (Å²) < 4.78 is 0. The molecular formula is C12H24N2. The molecule has 0 radical (unpaired) electrons. The van der Waals surface area contributed by atoms with Gasteiger partial charge in [0.15, 0.2) is 0 Å². The van der Waals surface area contributed by atoms with Crippen molar-refractivity contribution in [1.29, 1.82) is 0 Å². The molecule has 0 bridgehead atoms. The Labute approximate surface area is 87.6 Å². The molecule has 0 aromatic carbocycles. The minimum absolute atomic E-state index is 0.534. The van der Waals surface area contributed by atoms with Gasteiger partial charge in [0, 0.05) is 0 Å². The average molecular weight is 196 g/mol. The molecule has 2 saturated carbocycles.